The summed E-state index contributed by atoms with van der Waals surface area (Å²) in [4.78, 5) is 0. The maximum absolute atomic E-state index is 10.8. The molecule has 0 bridgehead atoms. The molecule has 3 N–H and O–H groups in total. The number of aliphatic hydroxyl groups excluding tert-OH is 1. The van der Waals surface area contributed by atoms with Crippen LogP contribution in [-0.2, 0) is 4.74 Å². The summed E-state index contributed by atoms with van der Waals surface area (Å²) in [6.07, 6.45) is 2.61. The van der Waals surface area contributed by atoms with Gasteiger partial charge in [-0.25, -0.2) is 0 Å². The number of fused-ring (bicyclic) bond motifs is 1. The maximum atomic E-state index is 10.8. The van der Waals surface area contributed by atoms with Gasteiger partial charge in [-0.1, -0.05) is 18.2 Å². The van der Waals surface area contributed by atoms with E-state index in [9.17, 15) is 5.11 Å². The molecule has 1 aliphatic heterocycles. The Labute approximate surface area is 112 Å². The van der Waals surface area contributed by atoms with Gasteiger partial charge >= 0.3 is 0 Å². The maximum Gasteiger partial charge on any atom is 0.134 e. The number of aliphatic hydroxyl groups is 1. The molecule has 1 atom stereocenters. The number of para-hydroxylation sites is 1. The quantitative estimate of drug-likeness (QED) is 0.889. The van der Waals surface area contributed by atoms with Crippen molar-refractivity contribution in [1.82, 2.24) is 0 Å². The Bertz CT molecular complexity index is 557. The Kier molecular flexibility index (Phi) is 3.31. The van der Waals surface area contributed by atoms with Crippen LogP contribution >= 0.6 is 0 Å². The van der Waals surface area contributed by atoms with Crippen LogP contribution in [0.2, 0.25) is 0 Å². The van der Waals surface area contributed by atoms with Crippen molar-refractivity contribution in [3.8, 4) is 0 Å². The van der Waals surface area contributed by atoms with E-state index in [4.69, 9.17) is 14.9 Å². The van der Waals surface area contributed by atoms with E-state index >= 15 is 0 Å². The van der Waals surface area contributed by atoms with E-state index in [2.05, 4.69) is 0 Å². The summed E-state index contributed by atoms with van der Waals surface area (Å²) in [5, 5.41) is 11.8. The van der Waals surface area contributed by atoms with Gasteiger partial charge in [0.1, 0.15) is 5.58 Å². The van der Waals surface area contributed by atoms with Gasteiger partial charge in [-0.3, -0.25) is 0 Å². The summed E-state index contributed by atoms with van der Waals surface area (Å²) in [6, 6.07) is 7.76. The Hall–Kier alpha value is -1.36. The van der Waals surface area contributed by atoms with Crippen molar-refractivity contribution in [3.05, 3.63) is 36.1 Å². The highest BCUT2D eigenvalue weighted by molar-refractivity contribution is 5.81. The summed E-state index contributed by atoms with van der Waals surface area (Å²) in [5.74, 6) is 0. The van der Waals surface area contributed by atoms with E-state index < -0.39 is 6.10 Å². The summed E-state index contributed by atoms with van der Waals surface area (Å²) in [6.45, 7) is 1.77. The Morgan fingerprint density at radius 1 is 1.26 bits per heavy atom. The molecule has 0 aliphatic carbocycles. The first kappa shape index (κ1) is 12.7. The topological polar surface area (TPSA) is 68.6 Å². The summed E-state index contributed by atoms with van der Waals surface area (Å²) in [7, 11) is 0. The molecule has 2 heterocycles. The molecule has 1 fully saturated rings. The number of furan rings is 1. The lowest BCUT2D eigenvalue weighted by atomic mass is 9.73. The van der Waals surface area contributed by atoms with Crippen LogP contribution in [0, 0.1) is 5.41 Å². The number of ether oxygens (including phenoxy) is 1. The second-order valence-electron chi connectivity index (χ2n) is 5.27. The molecule has 0 spiro atoms. The second kappa shape index (κ2) is 4.96. The molecule has 0 radical (unpaired) electrons. The van der Waals surface area contributed by atoms with E-state index in [0.717, 1.165) is 29.4 Å². The number of hydrogen-bond acceptors (Lipinski definition) is 4. The second-order valence-corrected chi connectivity index (χ2v) is 5.27. The third-order valence-electron chi connectivity index (χ3n) is 4.28. The molecule has 1 aromatic carbocycles. The Morgan fingerprint density at radius 3 is 2.74 bits per heavy atom. The van der Waals surface area contributed by atoms with Gasteiger partial charge in [0.05, 0.1) is 12.4 Å². The molecule has 0 amide bonds. The third kappa shape index (κ3) is 2.06. The molecule has 1 saturated heterocycles. The lowest BCUT2D eigenvalue weighted by molar-refractivity contribution is -0.0578. The molecule has 0 saturated carbocycles. The van der Waals surface area contributed by atoms with Crippen LogP contribution in [0.3, 0.4) is 0 Å². The van der Waals surface area contributed by atoms with Gasteiger partial charge in [-0.05, 0) is 18.9 Å². The lowest BCUT2D eigenvalue weighted by Crippen LogP contribution is -2.41. The fraction of sp³-hybridized carbons (Fsp3) is 0.467. The van der Waals surface area contributed by atoms with Crippen LogP contribution in [0.5, 0.6) is 0 Å². The first-order valence-corrected chi connectivity index (χ1v) is 6.69. The average molecular weight is 261 g/mol. The predicted octanol–water partition coefficient (Wildman–Crippen LogP) is 2.22. The minimum absolute atomic E-state index is 0.301. The zero-order chi connectivity index (χ0) is 13.3. The SMILES string of the molecule is NCC1(C(O)c2coc3ccccc23)CCOCC1. The number of rotatable bonds is 3. The monoisotopic (exact) mass is 261 g/mol. The average Bonchev–Trinajstić information content (AvgIpc) is 2.91. The van der Waals surface area contributed by atoms with E-state index in [-0.39, 0.29) is 5.41 Å². The highest BCUT2D eigenvalue weighted by atomic mass is 16.5. The summed E-state index contributed by atoms with van der Waals surface area (Å²) >= 11 is 0. The highest BCUT2D eigenvalue weighted by Gasteiger charge is 2.40. The van der Waals surface area contributed by atoms with E-state index in [1.54, 1.807) is 6.26 Å². The van der Waals surface area contributed by atoms with Crippen molar-refractivity contribution in [3.63, 3.8) is 0 Å². The zero-order valence-corrected chi connectivity index (χ0v) is 10.8. The molecule has 1 unspecified atom stereocenters. The van der Waals surface area contributed by atoms with Gasteiger partial charge in [-0.2, -0.15) is 0 Å². The largest absolute Gasteiger partial charge is 0.464 e. The van der Waals surface area contributed by atoms with Gasteiger partial charge in [0.15, 0.2) is 0 Å². The van der Waals surface area contributed by atoms with Gasteiger partial charge in [0.2, 0.25) is 0 Å². The lowest BCUT2D eigenvalue weighted by Gasteiger charge is -2.39. The molecule has 2 aromatic rings. The minimum Gasteiger partial charge on any atom is -0.464 e. The van der Waals surface area contributed by atoms with Crippen LogP contribution in [0.15, 0.2) is 34.9 Å². The summed E-state index contributed by atoms with van der Waals surface area (Å²) < 4.78 is 10.9. The van der Waals surface area contributed by atoms with Crippen LogP contribution in [0.4, 0.5) is 0 Å². The third-order valence-corrected chi connectivity index (χ3v) is 4.28. The van der Waals surface area contributed by atoms with Crippen molar-refractivity contribution >= 4 is 11.0 Å². The molecule has 1 aromatic heterocycles. The van der Waals surface area contributed by atoms with Gasteiger partial charge in [-0.15, -0.1) is 0 Å². The zero-order valence-electron chi connectivity index (χ0n) is 10.8. The highest BCUT2D eigenvalue weighted by Crippen LogP contribution is 2.43. The predicted molar refractivity (Wildman–Crippen MR) is 72.7 cm³/mol. The first-order valence-electron chi connectivity index (χ1n) is 6.69. The van der Waals surface area contributed by atoms with Crippen molar-refractivity contribution < 1.29 is 14.3 Å². The van der Waals surface area contributed by atoms with Crippen molar-refractivity contribution in [2.45, 2.75) is 18.9 Å². The van der Waals surface area contributed by atoms with Crippen LogP contribution < -0.4 is 5.73 Å². The standard InChI is InChI=1S/C15H19NO3/c16-10-15(5-7-18-8-6-15)14(17)12-9-19-13-4-2-1-3-11(12)13/h1-4,9,14,17H,5-8,10,16H2. The van der Waals surface area contributed by atoms with Crippen molar-refractivity contribution in [2.75, 3.05) is 19.8 Å². The molecule has 19 heavy (non-hydrogen) atoms. The number of hydrogen-bond donors (Lipinski definition) is 2. The fourth-order valence-corrected chi connectivity index (χ4v) is 2.91. The number of nitrogens with two attached hydrogens (primary N) is 1. The van der Waals surface area contributed by atoms with Gasteiger partial charge in [0, 0.05) is 36.1 Å². The molecule has 4 nitrogen and oxygen atoms in total. The van der Waals surface area contributed by atoms with Crippen molar-refractivity contribution in [2.24, 2.45) is 11.1 Å². The Balaban J connectivity index is 2.00. The van der Waals surface area contributed by atoms with Gasteiger partial charge in [0.25, 0.3) is 0 Å². The van der Waals surface area contributed by atoms with Crippen LogP contribution in [0.25, 0.3) is 11.0 Å². The molecule has 102 valence electrons. The normalized spacial score (nSPS) is 20.5. The number of benzene rings is 1. The fourth-order valence-electron chi connectivity index (χ4n) is 2.91. The molecular weight excluding hydrogens is 242 g/mol. The molecular formula is C15H19NO3. The summed E-state index contributed by atoms with van der Waals surface area (Å²) in [5.41, 5.74) is 7.28. The molecule has 4 heteroatoms. The first-order chi connectivity index (χ1) is 9.27. The van der Waals surface area contributed by atoms with E-state index in [1.807, 2.05) is 24.3 Å². The van der Waals surface area contributed by atoms with Crippen LogP contribution in [0.1, 0.15) is 24.5 Å². The minimum atomic E-state index is -0.606. The van der Waals surface area contributed by atoms with Crippen molar-refractivity contribution in [1.29, 1.82) is 0 Å². The smallest absolute Gasteiger partial charge is 0.134 e. The van der Waals surface area contributed by atoms with E-state index in [1.165, 1.54) is 0 Å². The molecule has 1 aliphatic rings. The van der Waals surface area contributed by atoms with Gasteiger partial charge < -0.3 is 20.0 Å². The molecule has 3 rings (SSSR count). The van der Waals surface area contributed by atoms with Crippen LogP contribution in [-0.4, -0.2) is 24.9 Å². The van der Waals surface area contributed by atoms with E-state index in [0.29, 0.717) is 19.8 Å². The Morgan fingerprint density at radius 2 is 2.00 bits per heavy atom.